The van der Waals surface area contributed by atoms with Gasteiger partial charge in [0.15, 0.2) is 6.04 Å². The van der Waals surface area contributed by atoms with E-state index in [2.05, 4.69) is 38.1 Å². The van der Waals surface area contributed by atoms with E-state index in [1.807, 2.05) is 0 Å². The predicted molar refractivity (Wildman–Crippen MR) is 195 cm³/mol. The minimum absolute atomic E-state index is 0.0704. The average Bonchev–Trinajstić information content (AvgIpc) is 3.10. The Hall–Kier alpha value is -4.85. The van der Waals surface area contributed by atoms with E-state index in [4.69, 9.17) is 11.5 Å². The smallest absolute Gasteiger partial charge is 0.326 e. The van der Waals surface area contributed by atoms with Crippen molar-refractivity contribution in [3.05, 3.63) is 29.8 Å². The molecule has 19 nitrogen and oxygen atoms in total. The van der Waals surface area contributed by atoms with Crippen molar-refractivity contribution in [2.45, 2.75) is 121 Å². The Labute approximate surface area is 315 Å². The van der Waals surface area contributed by atoms with Crippen LogP contribution in [0, 0.1) is 5.92 Å². The van der Waals surface area contributed by atoms with Gasteiger partial charge in [-0.1, -0.05) is 26.0 Å². The molecule has 0 unspecified atom stereocenters. The number of primary amides is 1. The van der Waals surface area contributed by atoms with E-state index in [0.29, 0.717) is 38.8 Å². The lowest BCUT2D eigenvalue weighted by atomic mass is 10.0. The quantitative estimate of drug-likeness (QED) is 0.0402. The minimum Gasteiger partial charge on any atom is -0.508 e. The zero-order valence-electron chi connectivity index (χ0n) is 31.5. The summed E-state index contributed by atoms with van der Waals surface area (Å²) in [6.07, 6.45) is 0.446. The van der Waals surface area contributed by atoms with Crippen LogP contribution in [0.25, 0.3) is 0 Å². The summed E-state index contributed by atoms with van der Waals surface area (Å²) >= 11 is 0. The summed E-state index contributed by atoms with van der Waals surface area (Å²) in [6.45, 7) is 5.23. The van der Waals surface area contributed by atoms with Crippen molar-refractivity contribution in [2.75, 3.05) is 13.1 Å². The number of carboxylic acid groups (broad SMARTS) is 1. The number of carbonyl (C=O) groups is 7. The van der Waals surface area contributed by atoms with Crippen molar-refractivity contribution in [2.24, 2.45) is 17.4 Å². The minimum atomic E-state index is -1.66. The Kier molecular flexibility index (Phi) is 21.4. The lowest BCUT2D eigenvalue weighted by Gasteiger charge is -2.28. The van der Waals surface area contributed by atoms with Gasteiger partial charge in [-0.2, -0.15) is 0 Å². The van der Waals surface area contributed by atoms with Crippen molar-refractivity contribution in [1.29, 1.82) is 0 Å². The molecule has 0 fully saturated rings. The Morgan fingerprint density at radius 1 is 0.704 bits per heavy atom. The van der Waals surface area contributed by atoms with Gasteiger partial charge >= 0.3 is 5.97 Å². The number of unbranched alkanes of at least 4 members (excludes halogenated alkanes) is 2. The first-order valence-electron chi connectivity index (χ1n) is 18.2. The maximum atomic E-state index is 13.7. The molecule has 304 valence electrons. The molecular formula is C35H61N9O10+2. The van der Waals surface area contributed by atoms with Gasteiger partial charge in [-0.3, -0.25) is 28.8 Å². The molecule has 1 rings (SSSR count). The second kappa shape index (κ2) is 24.5. The lowest BCUT2D eigenvalue weighted by Crippen LogP contribution is -2.70. The molecule has 0 aromatic heterocycles. The van der Waals surface area contributed by atoms with Gasteiger partial charge in [-0.25, -0.2) is 4.79 Å². The molecule has 0 aliphatic heterocycles. The topological polar surface area (TPSA) is 348 Å². The molecule has 0 saturated heterocycles. The highest BCUT2D eigenvalue weighted by Gasteiger charge is 2.35. The Morgan fingerprint density at radius 2 is 1.19 bits per heavy atom. The van der Waals surface area contributed by atoms with E-state index in [9.17, 15) is 48.9 Å². The second-order valence-corrected chi connectivity index (χ2v) is 13.7. The number of nitrogens with one attached hydrogen (secondary N) is 5. The van der Waals surface area contributed by atoms with Gasteiger partial charge in [0.25, 0.3) is 5.91 Å². The van der Waals surface area contributed by atoms with E-state index in [-0.39, 0.29) is 37.9 Å². The number of aromatic hydroxyl groups is 1. The van der Waals surface area contributed by atoms with Crippen LogP contribution in [0.2, 0.25) is 0 Å². The third-order valence-corrected chi connectivity index (χ3v) is 8.60. The first kappa shape index (κ1) is 47.2. The Balaban J connectivity index is 3.23. The number of amides is 6. The number of hydrogen-bond donors (Lipinski definition) is 12. The highest BCUT2D eigenvalue weighted by Crippen LogP contribution is 2.12. The Morgan fingerprint density at radius 3 is 1.67 bits per heavy atom. The molecule has 0 radical (unpaired) electrons. The summed E-state index contributed by atoms with van der Waals surface area (Å²) in [5.74, 6) is -6.55. The molecule has 1 aromatic carbocycles. The van der Waals surface area contributed by atoms with Crippen molar-refractivity contribution >= 4 is 41.4 Å². The van der Waals surface area contributed by atoms with Crippen LogP contribution in [0.3, 0.4) is 0 Å². The number of carboxylic acids is 1. The SMILES string of the molecule is CC(C)[C@H](NC(=O)[C@H](CCC(N)=O)NC(=O)[C@@H](NC(=O)[C@H](CCCCN)NC(=O)[C@H](CCCC[NH3+])NC(=O)[C@@H]([NH3+])Cc1ccc(O)cc1)[C@@H](C)O)C(=O)O. The van der Waals surface area contributed by atoms with Crippen LogP contribution in [-0.4, -0.2) is 112 Å². The largest absolute Gasteiger partial charge is 0.508 e. The van der Waals surface area contributed by atoms with Crippen molar-refractivity contribution in [1.82, 2.24) is 26.6 Å². The number of rotatable bonds is 26. The van der Waals surface area contributed by atoms with E-state index in [0.717, 1.165) is 5.56 Å². The molecule has 7 atom stereocenters. The van der Waals surface area contributed by atoms with Crippen molar-refractivity contribution in [3.8, 4) is 5.75 Å². The van der Waals surface area contributed by atoms with E-state index >= 15 is 0 Å². The molecule has 54 heavy (non-hydrogen) atoms. The molecule has 0 bridgehead atoms. The molecular weight excluding hydrogens is 706 g/mol. The van der Waals surface area contributed by atoms with Gasteiger partial charge in [0, 0.05) is 12.8 Å². The molecule has 1 aromatic rings. The Bertz CT molecular complexity index is 1390. The van der Waals surface area contributed by atoms with Crippen LogP contribution in [0.5, 0.6) is 5.75 Å². The summed E-state index contributed by atoms with van der Waals surface area (Å²) in [6, 6.07) is -1.24. The highest BCUT2D eigenvalue weighted by molar-refractivity contribution is 5.96. The number of phenols is 1. The van der Waals surface area contributed by atoms with E-state index in [1.165, 1.54) is 19.1 Å². The van der Waals surface area contributed by atoms with Crippen molar-refractivity contribution < 1.29 is 60.3 Å². The molecule has 0 spiro atoms. The normalized spacial score (nSPS) is 15.0. The summed E-state index contributed by atoms with van der Waals surface area (Å²) in [7, 11) is 0. The number of carbonyl (C=O) groups excluding carboxylic acids is 6. The maximum Gasteiger partial charge on any atom is 0.326 e. The summed E-state index contributed by atoms with van der Waals surface area (Å²) in [5.41, 5.74) is 19.4. The summed E-state index contributed by atoms with van der Waals surface area (Å²) in [5, 5.41) is 42.1. The van der Waals surface area contributed by atoms with Gasteiger partial charge in [-0.05, 0) is 82.0 Å². The first-order chi connectivity index (χ1) is 25.4. The van der Waals surface area contributed by atoms with E-state index < -0.39 is 89.7 Å². The molecule has 0 heterocycles. The molecule has 19 heteroatoms. The highest BCUT2D eigenvalue weighted by atomic mass is 16.4. The first-order valence-corrected chi connectivity index (χ1v) is 18.2. The average molecular weight is 768 g/mol. The third kappa shape index (κ3) is 17.3. The van der Waals surface area contributed by atoms with Gasteiger partial charge < -0.3 is 64.8 Å². The summed E-state index contributed by atoms with van der Waals surface area (Å²) < 4.78 is 0. The fourth-order valence-corrected chi connectivity index (χ4v) is 5.37. The van der Waals surface area contributed by atoms with Gasteiger partial charge in [0.2, 0.25) is 29.5 Å². The number of quaternary nitrogens is 2. The number of benzene rings is 1. The number of hydrogen-bond acceptors (Lipinski definition) is 10. The summed E-state index contributed by atoms with van der Waals surface area (Å²) in [4.78, 5) is 90.3. The standard InChI is InChI=1S/C35H59N9O10/c1-19(2)28(35(53)54)43-33(51)26(14-15-27(39)47)42-34(52)29(20(3)45)44-32(50)25(9-5-7-17-37)41-31(49)24(8-4-6-16-36)40-30(48)23(38)18-21-10-12-22(46)13-11-21/h10-13,19-20,23-26,28-29,45-46H,4-9,14-18,36-38H2,1-3H3,(H2,39,47)(H,40,48)(H,41,49)(H,42,52)(H,43,51)(H,44,50)(H,53,54)/p+2/t20-,23+,24+,25+,26+,28+,29+/m1/s1. The number of aliphatic hydroxyl groups is 1. The van der Waals surface area contributed by atoms with Gasteiger partial charge in [0.05, 0.1) is 12.6 Å². The van der Waals surface area contributed by atoms with E-state index in [1.54, 1.807) is 26.0 Å². The molecule has 6 amide bonds. The number of nitrogens with two attached hydrogens (primary N) is 2. The van der Waals surface area contributed by atoms with Crippen LogP contribution in [-0.2, 0) is 40.0 Å². The zero-order chi connectivity index (χ0) is 41.0. The predicted octanol–water partition coefficient (Wildman–Crippen LogP) is -4.10. The maximum absolute atomic E-state index is 13.7. The number of aliphatic carboxylic acids is 1. The fourth-order valence-electron chi connectivity index (χ4n) is 5.37. The second-order valence-electron chi connectivity index (χ2n) is 13.7. The van der Waals surface area contributed by atoms with Gasteiger partial charge in [0.1, 0.15) is 36.0 Å². The lowest BCUT2D eigenvalue weighted by molar-refractivity contribution is -0.403. The molecule has 0 saturated carbocycles. The van der Waals surface area contributed by atoms with Crippen LogP contribution < -0.4 is 49.5 Å². The van der Waals surface area contributed by atoms with Gasteiger partial charge in [-0.15, -0.1) is 0 Å². The van der Waals surface area contributed by atoms with Crippen LogP contribution >= 0.6 is 0 Å². The van der Waals surface area contributed by atoms with Crippen molar-refractivity contribution in [3.63, 3.8) is 0 Å². The third-order valence-electron chi connectivity index (χ3n) is 8.60. The zero-order valence-corrected chi connectivity index (χ0v) is 31.5. The molecule has 18 N–H and O–H groups in total. The van der Waals surface area contributed by atoms with Crippen LogP contribution in [0.4, 0.5) is 0 Å². The molecule has 0 aliphatic carbocycles. The monoisotopic (exact) mass is 767 g/mol. The van der Waals surface area contributed by atoms with Crippen LogP contribution in [0.1, 0.15) is 77.7 Å². The molecule has 0 aliphatic rings. The number of phenolic OH excluding ortho intramolecular Hbond substituents is 1. The fraction of sp³-hybridized carbons (Fsp3) is 0.629. The van der Waals surface area contributed by atoms with Crippen LogP contribution in [0.15, 0.2) is 24.3 Å². The number of aliphatic hydroxyl groups excluding tert-OH is 1.